The van der Waals surface area contributed by atoms with Gasteiger partial charge in [-0.3, -0.25) is 0 Å². The van der Waals surface area contributed by atoms with Crippen LogP contribution in [-0.4, -0.2) is 28.6 Å². The Kier molecular flexibility index (Phi) is 2.63. The van der Waals surface area contributed by atoms with Crippen molar-refractivity contribution in [2.75, 3.05) is 11.4 Å². The predicted molar refractivity (Wildman–Crippen MR) is 56.0 cm³/mol. The van der Waals surface area contributed by atoms with E-state index >= 15 is 0 Å². The zero-order valence-electron chi connectivity index (χ0n) is 8.43. The first kappa shape index (κ1) is 9.40. The maximum Gasteiger partial charge on any atom is 0.132 e. The van der Waals surface area contributed by atoms with Crippen LogP contribution in [0.3, 0.4) is 0 Å². The molecule has 1 fully saturated rings. The Balaban J connectivity index is 2.10. The highest BCUT2D eigenvalue weighted by molar-refractivity contribution is 5.40. The first-order valence-electron chi connectivity index (χ1n) is 5.05. The summed E-state index contributed by atoms with van der Waals surface area (Å²) in [7, 11) is 0. The van der Waals surface area contributed by atoms with E-state index in [4.69, 9.17) is 5.73 Å². The third-order valence-corrected chi connectivity index (χ3v) is 2.33. The van der Waals surface area contributed by atoms with E-state index in [0.717, 1.165) is 12.4 Å². The lowest BCUT2D eigenvalue weighted by Gasteiger charge is -2.24. The summed E-state index contributed by atoms with van der Waals surface area (Å²) in [6, 6.07) is 2.78. The Morgan fingerprint density at radius 2 is 2.43 bits per heavy atom. The lowest BCUT2D eigenvalue weighted by molar-refractivity contribution is 0.666. The fourth-order valence-electron chi connectivity index (χ4n) is 1.58. The number of rotatable bonds is 4. The molecule has 14 heavy (non-hydrogen) atoms. The monoisotopic (exact) mass is 192 g/mol. The van der Waals surface area contributed by atoms with Gasteiger partial charge in [0.15, 0.2) is 0 Å². The van der Waals surface area contributed by atoms with Crippen LogP contribution in [0.15, 0.2) is 18.6 Å². The average Bonchev–Trinajstić information content (AvgIpc) is 2.99. The minimum atomic E-state index is 0.186. The second kappa shape index (κ2) is 3.92. The highest BCUT2D eigenvalue weighted by Gasteiger charge is 2.30. The first-order chi connectivity index (χ1) is 6.77. The summed E-state index contributed by atoms with van der Waals surface area (Å²) in [5.74, 6) is 1.000. The number of anilines is 1. The summed E-state index contributed by atoms with van der Waals surface area (Å²) in [4.78, 5) is 10.5. The zero-order valence-corrected chi connectivity index (χ0v) is 8.43. The van der Waals surface area contributed by atoms with Gasteiger partial charge in [0, 0.05) is 24.8 Å². The summed E-state index contributed by atoms with van der Waals surface area (Å²) in [5.41, 5.74) is 5.81. The van der Waals surface area contributed by atoms with Crippen molar-refractivity contribution in [2.24, 2.45) is 5.73 Å². The smallest absolute Gasteiger partial charge is 0.132 e. The van der Waals surface area contributed by atoms with E-state index in [2.05, 4.69) is 14.9 Å². The molecule has 1 aliphatic rings. The molecule has 1 saturated carbocycles. The van der Waals surface area contributed by atoms with Crippen LogP contribution in [0.1, 0.15) is 19.8 Å². The van der Waals surface area contributed by atoms with Gasteiger partial charge in [-0.05, 0) is 25.8 Å². The molecule has 1 aromatic rings. The molecule has 0 aromatic carbocycles. The molecular formula is C10H16N4. The molecule has 0 bridgehead atoms. The Morgan fingerprint density at radius 1 is 1.64 bits per heavy atom. The topological polar surface area (TPSA) is 55.0 Å². The molecule has 0 aliphatic heterocycles. The number of aromatic nitrogens is 2. The van der Waals surface area contributed by atoms with Gasteiger partial charge in [0.25, 0.3) is 0 Å². The van der Waals surface area contributed by atoms with E-state index in [1.54, 1.807) is 12.5 Å². The van der Waals surface area contributed by atoms with Crippen molar-refractivity contribution in [3.05, 3.63) is 18.6 Å². The van der Waals surface area contributed by atoms with Gasteiger partial charge in [-0.1, -0.05) is 0 Å². The number of nitrogens with two attached hydrogens (primary N) is 1. The van der Waals surface area contributed by atoms with Crippen LogP contribution in [-0.2, 0) is 0 Å². The van der Waals surface area contributed by atoms with Crippen LogP contribution in [0.2, 0.25) is 0 Å². The van der Waals surface area contributed by atoms with Gasteiger partial charge in [-0.25, -0.2) is 9.97 Å². The second-order valence-corrected chi connectivity index (χ2v) is 3.93. The Hall–Kier alpha value is -1.16. The fraction of sp³-hybridized carbons (Fsp3) is 0.600. The molecule has 1 heterocycles. The standard InChI is InChI=1S/C10H16N4/c1-8(11)6-14(9-2-3-9)10-4-5-12-7-13-10/h4-5,7-9H,2-3,6,11H2,1H3. The number of nitrogens with zero attached hydrogens (tertiary/aromatic N) is 3. The minimum absolute atomic E-state index is 0.186. The Labute approximate surface area is 84.2 Å². The van der Waals surface area contributed by atoms with E-state index < -0.39 is 0 Å². The first-order valence-corrected chi connectivity index (χ1v) is 5.05. The van der Waals surface area contributed by atoms with E-state index in [9.17, 15) is 0 Å². The highest BCUT2D eigenvalue weighted by Crippen LogP contribution is 2.30. The lowest BCUT2D eigenvalue weighted by Crippen LogP contribution is -2.37. The minimum Gasteiger partial charge on any atom is -0.352 e. The second-order valence-electron chi connectivity index (χ2n) is 3.93. The number of hydrogen-bond acceptors (Lipinski definition) is 4. The average molecular weight is 192 g/mol. The van der Waals surface area contributed by atoms with Gasteiger partial charge in [0.1, 0.15) is 12.1 Å². The van der Waals surface area contributed by atoms with Gasteiger partial charge >= 0.3 is 0 Å². The lowest BCUT2D eigenvalue weighted by atomic mass is 10.3. The van der Waals surface area contributed by atoms with Crippen LogP contribution >= 0.6 is 0 Å². The number of hydrogen-bond donors (Lipinski definition) is 1. The maximum atomic E-state index is 5.81. The summed E-state index contributed by atoms with van der Waals surface area (Å²) < 4.78 is 0. The quantitative estimate of drug-likeness (QED) is 0.766. The van der Waals surface area contributed by atoms with Crippen LogP contribution in [0.25, 0.3) is 0 Å². The van der Waals surface area contributed by atoms with Crippen molar-refractivity contribution >= 4 is 5.82 Å². The summed E-state index contributed by atoms with van der Waals surface area (Å²) in [5, 5.41) is 0. The third kappa shape index (κ3) is 2.20. The van der Waals surface area contributed by atoms with Crippen molar-refractivity contribution in [3.8, 4) is 0 Å². The molecule has 1 aliphatic carbocycles. The van der Waals surface area contributed by atoms with Crippen LogP contribution in [0, 0.1) is 0 Å². The molecule has 1 unspecified atom stereocenters. The highest BCUT2D eigenvalue weighted by atomic mass is 15.2. The molecular weight excluding hydrogens is 176 g/mol. The van der Waals surface area contributed by atoms with Gasteiger partial charge in [0.05, 0.1) is 0 Å². The van der Waals surface area contributed by atoms with Crippen LogP contribution in [0.4, 0.5) is 5.82 Å². The van der Waals surface area contributed by atoms with E-state index in [1.165, 1.54) is 12.8 Å². The van der Waals surface area contributed by atoms with Crippen LogP contribution in [0.5, 0.6) is 0 Å². The molecule has 4 heteroatoms. The van der Waals surface area contributed by atoms with Crippen LogP contribution < -0.4 is 10.6 Å². The zero-order chi connectivity index (χ0) is 9.97. The van der Waals surface area contributed by atoms with Gasteiger partial charge in [-0.2, -0.15) is 0 Å². The predicted octanol–water partition coefficient (Wildman–Crippen LogP) is 0.793. The van der Waals surface area contributed by atoms with E-state index in [0.29, 0.717) is 6.04 Å². The third-order valence-electron chi connectivity index (χ3n) is 2.33. The van der Waals surface area contributed by atoms with Crippen molar-refractivity contribution in [3.63, 3.8) is 0 Å². The molecule has 1 aromatic heterocycles. The maximum absolute atomic E-state index is 5.81. The molecule has 2 rings (SSSR count). The van der Waals surface area contributed by atoms with Gasteiger partial charge in [-0.15, -0.1) is 0 Å². The molecule has 0 amide bonds. The normalized spacial score (nSPS) is 17.9. The molecule has 0 radical (unpaired) electrons. The Bertz CT molecular complexity index is 281. The Morgan fingerprint density at radius 3 is 2.93 bits per heavy atom. The van der Waals surface area contributed by atoms with E-state index in [1.807, 2.05) is 13.0 Å². The fourth-order valence-corrected chi connectivity index (χ4v) is 1.58. The van der Waals surface area contributed by atoms with Crippen molar-refractivity contribution in [2.45, 2.75) is 31.8 Å². The van der Waals surface area contributed by atoms with Gasteiger partial charge in [0.2, 0.25) is 0 Å². The molecule has 76 valence electrons. The van der Waals surface area contributed by atoms with Crippen molar-refractivity contribution < 1.29 is 0 Å². The molecule has 1 atom stereocenters. The SMILES string of the molecule is CC(N)CN(c1ccncn1)C1CC1. The van der Waals surface area contributed by atoms with Gasteiger partial charge < -0.3 is 10.6 Å². The summed E-state index contributed by atoms with van der Waals surface area (Å²) in [6.45, 7) is 2.90. The summed E-state index contributed by atoms with van der Waals surface area (Å²) >= 11 is 0. The van der Waals surface area contributed by atoms with Crippen molar-refractivity contribution in [1.82, 2.24) is 9.97 Å². The van der Waals surface area contributed by atoms with E-state index in [-0.39, 0.29) is 6.04 Å². The summed E-state index contributed by atoms with van der Waals surface area (Å²) in [6.07, 6.45) is 5.89. The largest absolute Gasteiger partial charge is 0.352 e. The van der Waals surface area contributed by atoms with Crippen molar-refractivity contribution in [1.29, 1.82) is 0 Å². The molecule has 0 saturated heterocycles. The molecule has 0 spiro atoms. The molecule has 4 nitrogen and oxygen atoms in total. The molecule has 2 N–H and O–H groups in total.